The van der Waals surface area contributed by atoms with Gasteiger partial charge in [-0.25, -0.2) is 9.98 Å². The molecule has 0 amide bonds. The highest BCUT2D eigenvalue weighted by atomic mass is 32.1. The average Bonchev–Trinajstić information content (AvgIpc) is 2.43. The van der Waals surface area contributed by atoms with Crippen LogP contribution in [0.1, 0.15) is 11.3 Å². The van der Waals surface area contributed by atoms with Crippen LogP contribution in [0, 0.1) is 11.7 Å². The van der Waals surface area contributed by atoms with Gasteiger partial charge >= 0.3 is 0 Å². The summed E-state index contributed by atoms with van der Waals surface area (Å²) in [4.78, 5) is 20.4. The number of nitrogens with zero attached hydrogens (tertiary/aromatic N) is 4. The van der Waals surface area contributed by atoms with E-state index in [-0.39, 0.29) is 16.2 Å². The van der Waals surface area contributed by atoms with E-state index in [2.05, 4.69) is 9.98 Å². The summed E-state index contributed by atoms with van der Waals surface area (Å²) in [6.45, 7) is 1.85. The largest absolute Gasteiger partial charge is 0.494 e. The van der Waals surface area contributed by atoms with Crippen molar-refractivity contribution in [3.63, 3.8) is 0 Å². The maximum Gasteiger partial charge on any atom is 0.266 e. The van der Waals surface area contributed by atoms with Crippen LogP contribution < -0.4 is 5.56 Å². The topological polar surface area (TPSA) is 72.4 Å². The summed E-state index contributed by atoms with van der Waals surface area (Å²) >= 11 is 5.03. The van der Waals surface area contributed by atoms with Crippen molar-refractivity contribution in [2.75, 3.05) is 0 Å². The highest BCUT2D eigenvalue weighted by Crippen LogP contribution is 2.12. The maximum absolute atomic E-state index is 12.1. The normalized spacial score (nSPS) is 11.2. The lowest BCUT2D eigenvalue weighted by Gasteiger charge is -2.08. The molecule has 0 aliphatic heterocycles. The highest BCUT2D eigenvalue weighted by Gasteiger charge is 2.11. The first kappa shape index (κ1) is 14.1. The molecule has 2 aromatic heterocycles. The molecule has 2 rings (SSSR count). The highest BCUT2D eigenvalue weighted by molar-refractivity contribution is 7.71. The summed E-state index contributed by atoms with van der Waals surface area (Å²) in [6.07, 6.45) is 1.30. The van der Waals surface area contributed by atoms with E-state index in [0.29, 0.717) is 5.82 Å². The van der Waals surface area contributed by atoms with Gasteiger partial charge in [0, 0.05) is 26.0 Å². The minimum absolute atomic E-state index is 0.0758. The molecule has 0 saturated carbocycles. The van der Waals surface area contributed by atoms with Gasteiger partial charge in [0.2, 0.25) is 5.88 Å². The fourth-order valence-corrected chi connectivity index (χ4v) is 1.87. The number of aromatic hydroxyl groups is 1. The van der Waals surface area contributed by atoms with Crippen LogP contribution in [0.4, 0.5) is 5.82 Å². The Morgan fingerprint density at radius 2 is 2.05 bits per heavy atom. The van der Waals surface area contributed by atoms with Gasteiger partial charge in [-0.2, -0.15) is 0 Å². The fourth-order valence-electron chi connectivity index (χ4n) is 1.70. The smallest absolute Gasteiger partial charge is 0.266 e. The lowest BCUT2D eigenvalue weighted by molar-refractivity contribution is 0.415. The van der Waals surface area contributed by atoms with Crippen molar-refractivity contribution in [1.29, 1.82) is 0 Å². The summed E-state index contributed by atoms with van der Waals surface area (Å²) in [5, 5.41) is 9.99. The zero-order chi connectivity index (χ0) is 14.9. The molecule has 0 bridgehead atoms. The van der Waals surface area contributed by atoms with Crippen LogP contribution >= 0.6 is 12.2 Å². The number of aromatic nitrogens is 3. The molecular formula is C13H14N4O2S. The van der Waals surface area contributed by atoms with Gasteiger partial charge in [0.05, 0.1) is 0 Å². The van der Waals surface area contributed by atoms with E-state index >= 15 is 0 Å². The number of aryl methyl sites for hydroxylation is 1. The Hall–Kier alpha value is -2.28. The van der Waals surface area contributed by atoms with E-state index < -0.39 is 5.56 Å². The number of aliphatic imine (C=N–C) groups is 1. The van der Waals surface area contributed by atoms with Gasteiger partial charge in [0.15, 0.2) is 10.6 Å². The van der Waals surface area contributed by atoms with Crippen molar-refractivity contribution >= 4 is 24.3 Å². The van der Waals surface area contributed by atoms with E-state index in [0.717, 1.165) is 5.69 Å². The van der Waals surface area contributed by atoms with Crippen LogP contribution in [0.3, 0.4) is 0 Å². The van der Waals surface area contributed by atoms with Gasteiger partial charge < -0.3 is 5.11 Å². The Kier molecular flexibility index (Phi) is 3.80. The van der Waals surface area contributed by atoms with Crippen LogP contribution in [0.15, 0.2) is 28.0 Å². The molecule has 2 aromatic rings. The summed E-state index contributed by atoms with van der Waals surface area (Å²) in [6, 6.07) is 5.38. The van der Waals surface area contributed by atoms with Crippen LogP contribution in [-0.4, -0.2) is 25.4 Å². The Bertz CT molecular complexity index is 805. The summed E-state index contributed by atoms with van der Waals surface area (Å²) < 4.78 is 2.86. The number of rotatable bonds is 2. The zero-order valence-corrected chi connectivity index (χ0v) is 12.2. The number of hydrogen-bond acceptors (Lipinski definition) is 5. The quantitative estimate of drug-likeness (QED) is 0.674. The van der Waals surface area contributed by atoms with Crippen molar-refractivity contribution in [2.45, 2.75) is 6.92 Å². The third-order valence-corrected chi connectivity index (χ3v) is 3.41. The first-order chi connectivity index (χ1) is 9.41. The monoisotopic (exact) mass is 290 g/mol. The lowest BCUT2D eigenvalue weighted by atomic mass is 10.3. The van der Waals surface area contributed by atoms with E-state index in [9.17, 15) is 9.90 Å². The molecule has 7 heteroatoms. The van der Waals surface area contributed by atoms with Crippen molar-refractivity contribution in [2.24, 2.45) is 19.1 Å². The van der Waals surface area contributed by atoms with Gasteiger partial charge in [-0.3, -0.25) is 13.9 Å². The van der Waals surface area contributed by atoms with Crippen LogP contribution in [-0.2, 0) is 14.1 Å². The van der Waals surface area contributed by atoms with E-state index in [1.807, 2.05) is 19.1 Å². The van der Waals surface area contributed by atoms with Crippen molar-refractivity contribution in [1.82, 2.24) is 14.1 Å². The molecule has 0 aliphatic rings. The summed E-state index contributed by atoms with van der Waals surface area (Å²) in [7, 11) is 3.13. The minimum Gasteiger partial charge on any atom is -0.494 e. The standard InChI is InChI=1S/C13H14N4O2S/c1-8-5-4-6-10(15-8)14-7-9-11(18)16(2)13(20)17(3)12(9)19/h4-7,18H,1-3H3. The first-order valence-electron chi connectivity index (χ1n) is 5.88. The lowest BCUT2D eigenvalue weighted by Crippen LogP contribution is -2.25. The second kappa shape index (κ2) is 5.38. The second-order valence-corrected chi connectivity index (χ2v) is 4.70. The molecule has 0 unspecified atom stereocenters. The van der Waals surface area contributed by atoms with Gasteiger partial charge in [0.25, 0.3) is 5.56 Å². The molecule has 0 radical (unpaired) electrons. The zero-order valence-electron chi connectivity index (χ0n) is 11.4. The molecule has 2 heterocycles. The Balaban J connectivity index is 2.55. The number of hydrogen-bond donors (Lipinski definition) is 1. The van der Waals surface area contributed by atoms with Gasteiger partial charge in [-0.1, -0.05) is 6.07 Å². The Morgan fingerprint density at radius 3 is 2.70 bits per heavy atom. The van der Waals surface area contributed by atoms with Gasteiger partial charge in [-0.15, -0.1) is 0 Å². The Morgan fingerprint density at radius 1 is 1.35 bits per heavy atom. The third-order valence-electron chi connectivity index (χ3n) is 2.87. The Labute approximate surface area is 120 Å². The predicted molar refractivity (Wildman–Crippen MR) is 79.4 cm³/mol. The molecule has 104 valence electrons. The first-order valence-corrected chi connectivity index (χ1v) is 6.29. The molecule has 0 aliphatic carbocycles. The predicted octanol–water partition coefficient (Wildman–Crippen LogP) is 1.61. The maximum atomic E-state index is 12.1. The van der Waals surface area contributed by atoms with Crippen molar-refractivity contribution < 1.29 is 5.11 Å². The molecule has 0 spiro atoms. The molecule has 0 atom stereocenters. The fraction of sp³-hybridized carbons (Fsp3) is 0.231. The van der Waals surface area contributed by atoms with Crippen molar-refractivity contribution in [3.05, 3.63) is 44.6 Å². The molecule has 0 saturated heterocycles. The summed E-state index contributed by atoms with van der Waals surface area (Å²) in [5.41, 5.74) is 0.497. The van der Waals surface area contributed by atoms with Crippen molar-refractivity contribution in [3.8, 4) is 5.88 Å². The number of pyridine rings is 1. The molecule has 1 N–H and O–H groups in total. The molecular weight excluding hydrogens is 276 g/mol. The van der Waals surface area contributed by atoms with E-state index in [4.69, 9.17) is 12.2 Å². The molecule has 6 nitrogen and oxygen atoms in total. The summed E-state index contributed by atoms with van der Waals surface area (Å²) in [5.74, 6) is 0.256. The van der Waals surface area contributed by atoms with Crippen LogP contribution in [0.5, 0.6) is 5.88 Å². The van der Waals surface area contributed by atoms with Crippen LogP contribution in [0.25, 0.3) is 0 Å². The minimum atomic E-state index is -0.401. The molecule has 0 fully saturated rings. The molecule has 20 heavy (non-hydrogen) atoms. The van der Waals surface area contributed by atoms with E-state index in [1.165, 1.54) is 15.3 Å². The SMILES string of the molecule is Cc1cccc(N=Cc2c(O)n(C)c(=S)n(C)c2=O)n1. The molecule has 0 aromatic carbocycles. The average molecular weight is 290 g/mol. The van der Waals surface area contributed by atoms with Gasteiger partial charge in [0.1, 0.15) is 5.56 Å². The van der Waals surface area contributed by atoms with E-state index in [1.54, 1.807) is 20.2 Å². The van der Waals surface area contributed by atoms with Crippen LogP contribution in [0.2, 0.25) is 0 Å². The second-order valence-electron chi connectivity index (χ2n) is 4.34. The van der Waals surface area contributed by atoms with Gasteiger partial charge in [-0.05, 0) is 31.3 Å². The third kappa shape index (κ3) is 2.53.